The molecule has 0 radical (unpaired) electrons. The maximum absolute atomic E-state index is 13.0. The van der Waals surface area contributed by atoms with Crippen LogP contribution in [0.4, 0.5) is 17.1 Å². The smallest absolute Gasteiger partial charge is 0.270 e. The highest BCUT2D eigenvalue weighted by atomic mass is 35.5. The van der Waals surface area contributed by atoms with Gasteiger partial charge in [-0.05, 0) is 48.0 Å². The number of anilines is 2. The standard InChI is InChI=1S/C20H17ClN4O5S/c1-30-16-9-6-14(7-10-16)13-22-23-19-11-8-15(25(26)27)12-20(19)31(28,29)24-18-5-3-2-4-17(18)21/h2-13,23-24H,1H3/b22-13+. The van der Waals surface area contributed by atoms with Crippen LogP contribution in [-0.4, -0.2) is 26.7 Å². The molecule has 9 nitrogen and oxygen atoms in total. The van der Waals surface area contributed by atoms with Gasteiger partial charge in [-0.25, -0.2) is 8.42 Å². The summed E-state index contributed by atoms with van der Waals surface area (Å²) in [5.41, 5.74) is 3.16. The topological polar surface area (TPSA) is 123 Å². The SMILES string of the molecule is COc1ccc(/C=N/Nc2ccc([N+](=O)[O-])cc2S(=O)(=O)Nc2ccccc2Cl)cc1. The highest BCUT2D eigenvalue weighted by Gasteiger charge is 2.23. The minimum Gasteiger partial charge on any atom is -0.497 e. The number of hydrogen-bond acceptors (Lipinski definition) is 7. The average Bonchev–Trinajstić information content (AvgIpc) is 2.75. The highest BCUT2D eigenvalue weighted by molar-refractivity contribution is 7.93. The first-order valence-corrected chi connectivity index (χ1v) is 10.7. The maximum atomic E-state index is 13.0. The Labute approximate surface area is 183 Å². The Hall–Kier alpha value is -3.63. The van der Waals surface area contributed by atoms with Crippen molar-refractivity contribution >= 4 is 44.9 Å². The van der Waals surface area contributed by atoms with E-state index in [9.17, 15) is 18.5 Å². The van der Waals surface area contributed by atoms with E-state index < -0.39 is 14.9 Å². The van der Waals surface area contributed by atoms with E-state index in [0.29, 0.717) is 5.75 Å². The number of nitro benzene ring substituents is 1. The average molecular weight is 461 g/mol. The van der Waals surface area contributed by atoms with Gasteiger partial charge in [-0.3, -0.25) is 20.3 Å². The third-order valence-electron chi connectivity index (χ3n) is 4.10. The molecule has 0 atom stereocenters. The zero-order valence-electron chi connectivity index (χ0n) is 16.2. The zero-order valence-corrected chi connectivity index (χ0v) is 17.7. The summed E-state index contributed by atoms with van der Waals surface area (Å²) in [6, 6.07) is 16.7. The van der Waals surface area contributed by atoms with Gasteiger partial charge in [-0.15, -0.1) is 0 Å². The van der Waals surface area contributed by atoms with E-state index in [0.717, 1.165) is 11.6 Å². The number of nitrogens with one attached hydrogen (secondary N) is 2. The predicted molar refractivity (Wildman–Crippen MR) is 120 cm³/mol. The van der Waals surface area contributed by atoms with Crippen LogP contribution >= 0.6 is 11.6 Å². The fraction of sp³-hybridized carbons (Fsp3) is 0.0500. The lowest BCUT2D eigenvalue weighted by Crippen LogP contribution is -2.15. The molecule has 0 aliphatic carbocycles. The van der Waals surface area contributed by atoms with Crippen molar-refractivity contribution in [2.24, 2.45) is 5.10 Å². The second-order valence-corrected chi connectivity index (χ2v) is 8.22. The van der Waals surface area contributed by atoms with Crippen LogP contribution in [0.15, 0.2) is 76.7 Å². The van der Waals surface area contributed by atoms with Crippen LogP contribution < -0.4 is 14.9 Å². The summed E-state index contributed by atoms with van der Waals surface area (Å²) in [5, 5.41) is 15.4. The molecule has 160 valence electrons. The minimum absolute atomic E-state index is 0.0508. The largest absolute Gasteiger partial charge is 0.497 e. The molecule has 0 aromatic heterocycles. The van der Waals surface area contributed by atoms with Gasteiger partial charge in [-0.1, -0.05) is 23.7 Å². The zero-order chi connectivity index (χ0) is 22.4. The first-order valence-electron chi connectivity index (χ1n) is 8.79. The van der Waals surface area contributed by atoms with Crippen LogP contribution in [0.3, 0.4) is 0 Å². The summed E-state index contributed by atoms with van der Waals surface area (Å²) in [4.78, 5) is 10.1. The van der Waals surface area contributed by atoms with Crippen LogP contribution in [0.2, 0.25) is 5.02 Å². The minimum atomic E-state index is -4.22. The van der Waals surface area contributed by atoms with Crippen molar-refractivity contribution in [1.82, 2.24) is 0 Å². The quantitative estimate of drug-likeness (QED) is 0.290. The number of ether oxygens (including phenoxy) is 1. The summed E-state index contributed by atoms with van der Waals surface area (Å²) in [5.74, 6) is 0.680. The van der Waals surface area contributed by atoms with Gasteiger partial charge in [0.05, 0.1) is 34.6 Å². The Bertz CT molecular complexity index is 1230. The van der Waals surface area contributed by atoms with Crippen molar-refractivity contribution in [2.45, 2.75) is 4.90 Å². The van der Waals surface area contributed by atoms with Crippen LogP contribution in [0.1, 0.15) is 5.56 Å². The normalized spacial score (nSPS) is 11.3. The van der Waals surface area contributed by atoms with Gasteiger partial charge < -0.3 is 4.74 Å². The van der Waals surface area contributed by atoms with E-state index in [1.807, 2.05) is 0 Å². The molecule has 0 aliphatic rings. The van der Waals surface area contributed by atoms with E-state index in [-0.39, 0.29) is 27.0 Å². The van der Waals surface area contributed by atoms with Crippen molar-refractivity contribution in [1.29, 1.82) is 0 Å². The number of sulfonamides is 1. The summed E-state index contributed by atoms with van der Waals surface area (Å²) < 4.78 is 33.3. The van der Waals surface area contributed by atoms with Crippen LogP contribution in [-0.2, 0) is 10.0 Å². The van der Waals surface area contributed by atoms with E-state index in [1.165, 1.54) is 30.5 Å². The van der Waals surface area contributed by atoms with E-state index in [4.69, 9.17) is 16.3 Å². The van der Waals surface area contributed by atoms with Crippen molar-refractivity contribution in [3.8, 4) is 5.75 Å². The summed E-state index contributed by atoms with van der Waals surface area (Å²) in [6.07, 6.45) is 1.47. The molecule has 0 saturated heterocycles. The monoisotopic (exact) mass is 460 g/mol. The number of para-hydroxylation sites is 1. The number of benzene rings is 3. The Morgan fingerprint density at radius 3 is 2.42 bits per heavy atom. The van der Waals surface area contributed by atoms with Crippen LogP contribution in [0.25, 0.3) is 0 Å². The molecule has 2 N–H and O–H groups in total. The van der Waals surface area contributed by atoms with Gasteiger partial charge in [0, 0.05) is 12.1 Å². The molecule has 0 fully saturated rings. The van der Waals surface area contributed by atoms with Crippen LogP contribution in [0, 0.1) is 10.1 Å². The molecule has 0 amide bonds. The second-order valence-electron chi connectivity index (χ2n) is 6.17. The number of halogens is 1. The highest BCUT2D eigenvalue weighted by Crippen LogP contribution is 2.30. The molecule has 11 heteroatoms. The number of methoxy groups -OCH3 is 1. The first-order chi connectivity index (χ1) is 14.8. The number of nitrogens with zero attached hydrogens (tertiary/aromatic N) is 2. The Morgan fingerprint density at radius 2 is 1.77 bits per heavy atom. The van der Waals surface area contributed by atoms with E-state index in [1.54, 1.807) is 43.5 Å². The van der Waals surface area contributed by atoms with Gasteiger partial charge in [0.1, 0.15) is 10.6 Å². The molecule has 3 aromatic rings. The lowest BCUT2D eigenvalue weighted by atomic mass is 10.2. The fourth-order valence-corrected chi connectivity index (χ4v) is 4.04. The molecule has 0 aliphatic heterocycles. The molecule has 0 heterocycles. The molecule has 0 spiro atoms. The number of rotatable bonds is 8. The maximum Gasteiger partial charge on any atom is 0.270 e. The molecule has 3 rings (SSSR count). The van der Waals surface area contributed by atoms with Crippen molar-refractivity contribution < 1.29 is 18.1 Å². The lowest BCUT2D eigenvalue weighted by Gasteiger charge is -2.12. The summed E-state index contributed by atoms with van der Waals surface area (Å²) in [7, 11) is -2.66. The number of nitro groups is 1. The van der Waals surface area contributed by atoms with Gasteiger partial charge in [0.25, 0.3) is 15.7 Å². The van der Waals surface area contributed by atoms with E-state index >= 15 is 0 Å². The number of hydrogen-bond donors (Lipinski definition) is 2. The lowest BCUT2D eigenvalue weighted by molar-refractivity contribution is -0.385. The van der Waals surface area contributed by atoms with Gasteiger partial charge in [0.2, 0.25) is 0 Å². The van der Waals surface area contributed by atoms with Crippen molar-refractivity contribution in [2.75, 3.05) is 17.3 Å². The first kappa shape index (κ1) is 22.1. The Kier molecular flexibility index (Phi) is 6.73. The van der Waals surface area contributed by atoms with Crippen LogP contribution in [0.5, 0.6) is 5.75 Å². The third-order valence-corrected chi connectivity index (χ3v) is 5.83. The number of non-ortho nitro benzene ring substituents is 1. The molecular formula is C20H17ClN4O5S. The molecule has 0 bridgehead atoms. The second kappa shape index (κ2) is 9.45. The third kappa shape index (κ3) is 5.50. The van der Waals surface area contributed by atoms with Crippen molar-refractivity contribution in [3.05, 3.63) is 87.4 Å². The molecular weight excluding hydrogens is 444 g/mol. The van der Waals surface area contributed by atoms with Gasteiger partial charge in [-0.2, -0.15) is 5.10 Å². The summed E-state index contributed by atoms with van der Waals surface area (Å²) >= 11 is 6.03. The Balaban J connectivity index is 1.92. The van der Waals surface area contributed by atoms with Crippen molar-refractivity contribution in [3.63, 3.8) is 0 Å². The fourth-order valence-electron chi connectivity index (χ4n) is 2.55. The molecule has 3 aromatic carbocycles. The molecule has 31 heavy (non-hydrogen) atoms. The molecule has 0 saturated carbocycles. The van der Waals surface area contributed by atoms with E-state index in [2.05, 4.69) is 15.2 Å². The van der Waals surface area contributed by atoms with Gasteiger partial charge >= 0.3 is 0 Å². The van der Waals surface area contributed by atoms with Gasteiger partial charge in [0.15, 0.2) is 0 Å². The predicted octanol–water partition coefficient (Wildman–Crippen LogP) is 4.50. The number of hydrazone groups is 1. The Morgan fingerprint density at radius 1 is 1.06 bits per heavy atom. The summed E-state index contributed by atoms with van der Waals surface area (Å²) in [6.45, 7) is 0. The molecule has 0 unspecified atom stereocenters.